The summed E-state index contributed by atoms with van der Waals surface area (Å²) in [6, 6.07) is 15.2. The van der Waals surface area contributed by atoms with Crippen LogP contribution in [-0.2, 0) is 6.54 Å². The summed E-state index contributed by atoms with van der Waals surface area (Å²) in [4.78, 5) is 0. The van der Waals surface area contributed by atoms with Crippen molar-refractivity contribution in [2.24, 2.45) is 0 Å². The van der Waals surface area contributed by atoms with Gasteiger partial charge in [-0.1, -0.05) is 77.9 Å². The van der Waals surface area contributed by atoms with E-state index in [1.165, 1.54) is 46.4 Å². The fourth-order valence-corrected chi connectivity index (χ4v) is 2.91. The Balaban J connectivity index is 1.78. The minimum atomic E-state index is 0.980. The van der Waals surface area contributed by atoms with E-state index >= 15 is 0 Å². The number of hydrogen-bond acceptors (Lipinski definition) is 1. The van der Waals surface area contributed by atoms with Gasteiger partial charge >= 0.3 is 0 Å². The number of unbranched alkanes of at least 4 members (excludes halogenated alkanes) is 3. The Labute approximate surface area is 129 Å². The molecule has 2 aromatic carbocycles. The highest BCUT2D eigenvalue weighted by Gasteiger charge is 1.99. The van der Waals surface area contributed by atoms with Crippen LogP contribution in [0.1, 0.15) is 31.2 Å². The van der Waals surface area contributed by atoms with Crippen molar-refractivity contribution in [3.8, 4) is 0 Å². The van der Waals surface area contributed by atoms with Crippen LogP contribution in [0.5, 0.6) is 0 Å². The van der Waals surface area contributed by atoms with Gasteiger partial charge in [0.25, 0.3) is 0 Å². The Morgan fingerprint density at radius 2 is 1.63 bits per heavy atom. The summed E-state index contributed by atoms with van der Waals surface area (Å²) in [6.45, 7) is 2.11. The van der Waals surface area contributed by atoms with Gasteiger partial charge in [0, 0.05) is 6.54 Å². The zero-order valence-electron chi connectivity index (χ0n) is 11.4. The van der Waals surface area contributed by atoms with Gasteiger partial charge in [0.2, 0.25) is 0 Å². The summed E-state index contributed by atoms with van der Waals surface area (Å²) in [5, 5.41) is 6.28. The summed E-state index contributed by atoms with van der Waals surface area (Å²) < 4.78 is 1.29. The molecule has 1 N–H and O–H groups in total. The Morgan fingerprint density at radius 1 is 0.842 bits per heavy atom. The van der Waals surface area contributed by atoms with Crippen molar-refractivity contribution < 1.29 is 0 Å². The lowest BCUT2D eigenvalue weighted by molar-refractivity contribution is 0.602. The molecule has 0 atom stereocenters. The largest absolute Gasteiger partial charge is 0.313 e. The maximum atomic E-state index is 3.57. The quantitative estimate of drug-likeness (QED) is 0.397. The molecule has 0 aliphatic heterocycles. The second kappa shape index (κ2) is 8.54. The molecule has 0 aliphatic rings. The van der Waals surface area contributed by atoms with Crippen LogP contribution >= 0.6 is 22.6 Å². The van der Waals surface area contributed by atoms with E-state index in [4.69, 9.17) is 0 Å². The van der Waals surface area contributed by atoms with Gasteiger partial charge in [-0.15, -0.1) is 0 Å². The first-order valence-corrected chi connectivity index (χ1v) is 8.67. The first-order valence-electron chi connectivity index (χ1n) is 7.15. The molecule has 0 radical (unpaired) electrons. The average Bonchev–Trinajstić information content (AvgIpc) is 2.46. The van der Waals surface area contributed by atoms with Crippen LogP contribution < -0.4 is 5.32 Å². The molecule has 0 bridgehead atoms. The van der Waals surface area contributed by atoms with Gasteiger partial charge in [-0.05, 0) is 40.1 Å². The van der Waals surface area contributed by atoms with E-state index in [0.717, 1.165) is 13.1 Å². The maximum Gasteiger partial charge on any atom is 0.0211 e. The molecule has 0 aliphatic carbocycles. The highest BCUT2D eigenvalue weighted by molar-refractivity contribution is 14.1. The first-order chi connectivity index (χ1) is 9.42. The fourth-order valence-electron chi connectivity index (χ4n) is 2.37. The summed E-state index contributed by atoms with van der Waals surface area (Å²) in [5.74, 6) is 0. The molecule has 1 nitrogen and oxygen atoms in total. The number of fused-ring (bicyclic) bond motifs is 1. The van der Waals surface area contributed by atoms with E-state index in [1.807, 2.05) is 0 Å². The second-order valence-corrected chi connectivity index (χ2v) is 6.00. The van der Waals surface area contributed by atoms with Gasteiger partial charge in [-0.25, -0.2) is 0 Å². The zero-order valence-corrected chi connectivity index (χ0v) is 13.5. The summed E-state index contributed by atoms with van der Waals surface area (Å²) in [7, 11) is 0. The number of rotatable bonds is 8. The predicted octanol–water partition coefficient (Wildman–Crippen LogP) is 4.92. The van der Waals surface area contributed by atoms with Gasteiger partial charge in [0.15, 0.2) is 0 Å². The third-order valence-corrected chi connectivity index (χ3v) is 4.20. The summed E-state index contributed by atoms with van der Waals surface area (Å²) in [6.07, 6.45) is 5.38. The first kappa shape index (κ1) is 14.8. The van der Waals surface area contributed by atoms with Crippen molar-refractivity contribution >= 4 is 33.4 Å². The maximum absolute atomic E-state index is 3.57. The van der Waals surface area contributed by atoms with Crippen molar-refractivity contribution in [1.29, 1.82) is 0 Å². The molecule has 0 amide bonds. The zero-order chi connectivity index (χ0) is 13.3. The third-order valence-electron chi connectivity index (χ3n) is 3.43. The highest BCUT2D eigenvalue weighted by Crippen LogP contribution is 2.18. The van der Waals surface area contributed by atoms with E-state index in [-0.39, 0.29) is 0 Å². The molecule has 2 heteroatoms. The van der Waals surface area contributed by atoms with Crippen LogP contribution in [0.25, 0.3) is 10.8 Å². The number of hydrogen-bond donors (Lipinski definition) is 1. The van der Waals surface area contributed by atoms with Gasteiger partial charge in [-0.2, -0.15) is 0 Å². The molecule has 0 aromatic heterocycles. The average molecular weight is 367 g/mol. The van der Waals surface area contributed by atoms with Crippen LogP contribution in [0.2, 0.25) is 0 Å². The van der Waals surface area contributed by atoms with Gasteiger partial charge in [-0.3, -0.25) is 0 Å². The van der Waals surface area contributed by atoms with Crippen molar-refractivity contribution in [1.82, 2.24) is 5.32 Å². The number of halogens is 1. The molecule has 2 rings (SSSR count). The van der Waals surface area contributed by atoms with Crippen LogP contribution in [0.4, 0.5) is 0 Å². The van der Waals surface area contributed by atoms with Crippen molar-refractivity contribution in [3.05, 3.63) is 48.0 Å². The molecule has 102 valence electrons. The molecular weight excluding hydrogens is 345 g/mol. The van der Waals surface area contributed by atoms with E-state index in [1.54, 1.807) is 0 Å². The minimum Gasteiger partial charge on any atom is -0.313 e. The SMILES string of the molecule is ICCCCCCNCc1cccc2ccccc12. The number of benzene rings is 2. The van der Waals surface area contributed by atoms with Gasteiger partial charge in [0.1, 0.15) is 0 Å². The lowest BCUT2D eigenvalue weighted by Crippen LogP contribution is -2.14. The van der Waals surface area contributed by atoms with Crippen molar-refractivity contribution in [2.45, 2.75) is 32.2 Å². The third kappa shape index (κ3) is 4.77. The highest BCUT2D eigenvalue weighted by atomic mass is 127. The van der Waals surface area contributed by atoms with Crippen molar-refractivity contribution in [3.63, 3.8) is 0 Å². The van der Waals surface area contributed by atoms with E-state index in [2.05, 4.69) is 70.4 Å². The van der Waals surface area contributed by atoms with E-state index in [0.29, 0.717) is 0 Å². The van der Waals surface area contributed by atoms with Crippen LogP contribution in [0, 0.1) is 0 Å². The van der Waals surface area contributed by atoms with E-state index < -0.39 is 0 Å². The molecule has 0 saturated carbocycles. The van der Waals surface area contributed by atoms with Crippen LogP contribution in [0.15, 0.2) is 42.5 Å². The molecule has 0 spiro atoms. The molecule has 2 aromatic rings. The van der Waals surface area contributed by atoms with Gasteiger partial charge < -0.3 is 5.32 Å². The predicted molar refractivity (Wildman–Crippen MR) is 93.0 cm³/mol. The molecule has 0 unspecified atom stereocenters. The monoisotopic (exact) mass is 367 g/mol. The Bertz CT molecular complexity index is 490. The van der Waals surface area contributed by atoms with Crippen LogP contribution in [0.3, 0.4) is 0 Å². The topological polar surface area (TPSA) is 12.0 Å². The fraction of sp³-hybridized carbons (Fsp3) is 0.412. The number of nitrogens with one attached hydrogen (secondary N) is 1. The normalized spacial score (nSPS) is 11.0. The molecule has 0 fully saturated rings. The lowest BCUT2D eigenvalue weighted by Gasteiger charge is -2.08. The Hall–Kier alpha value is -0.610. The smallest absolute Gasteiger partial charge is 0.0211 e. The molecule has 19 heavy (non-hydrogen) atoms. The number of alkyl halides is 1. The summed E-state index contributed by atoms with van der Waals surface area (Å²) in [5.41, 5.74) is 1.41. The van der Waals surface area contributed by atoms with Crippen molar-refractivity contribution in [2.75, 3.05) is 11.0 Å². The molecular formula is C17H22IN. The standard InChI is InChI=1S/C17H22IN/c18-12-5-1-2-6-13-19-14-16-10-7-9-15-8-3-4-11-17(15)16/h3-4,7-11,19H,1-2,5-6,12-14H2. The Morgan fingerprint density at radius 3 is 2.53 bits per heavy atom. The van der Waals surface area contributed by atoms with Crippen LogP contribution in [-0.4, -0.2) is 11.0 Å². The second-order valence-electron chi connectivity index (χ2n) is 4.92. The lowest BCUT2D eigenvalue weighted by atomic mass is 10.0. The Kier molecular flexibility index (Phi) is 6.65. The minimum absolute atomic E-state index is 0.980. The molecule has 0 heterocycles. The molecule has 0 saturated heterocycles. The van der Waals surface area contributed by atoms with E-state index in [9.17, 15) is 0 Å². The van der Waals surface area contributed by atoms with Gasteiger partial charge in [0.05, 0.1) is 0 Å². The summed E-state index contributed by atoms with van der Waals surface area (Å²) >= 11 is 2.46.